The molecule has 1 aliphatic rings. The molecule has 20 heavy (non-hydrogen) atoms. The van der Waals surface area contributed by atoms with E-state index in [0.717, 1.165) is 38.5 Å². The Morgan fingerprint density at radius 3 is 2.05 bits per heavy atom. The van der Waals surface area contributed by atoms with Gasteiger partial charge in [-0.15, -0.1) is 0 Å². The lowest BCUT2D eigenvalue weighted by molar-refractivity contribution is -0.144. The fourth-order valence-corrected chi connectivity index (χ4v) is 2.30. The monoisotopic (exact) mass is 284 g/mol. The van der Waals surface area contributed by atoms with E-state index < -0.39 is 11.5 Å². The van der Waals surface area contributed by atoms with Crippen LogP contribution in [-0.2, 0) is 4.79 Å². The van der Waals surface area contributed by atoms with Crippen LogP contribution in [0, 0.1) is 5.92 Å². The zero-order valence-corrected chi connectivity index (χ0v) is 12.9. The van der Waals surface area contributed by atoms with Gasteiger partial charge in [0.1, 0.15) is 5.54 Å². The van der Waals surface area contributed by atoms with Gasteiger partial charge in [-0.3, -0.25) is 0 Å². The average molecular weight is 284 g/mol. The number of rotatable bonds is 9. The molecule has 0 aliphatic heterocycles. The third-order valence-electron chi connectivity index (χ3n) is 4.06. The molecule has 0 aromatic heterocycles. The van der Waals surface area contributed by atoms with Crippen molar-refractivity contribution in [2.45, 2.75) is 64.8 Å². The molecule has 0 radical (unpaired) electrons. The molecule has 1 aliphatic carbocycles. The molecule has 0 aromatic rings. The highest BCUT2D eigenvalue weighted by Gasteiger charge is 2.49. The third kappa shape index (κ3) is 4.39. The molecule has 1 rings (SSSR count). The van der Waals surface area contributed by atoms with E-state index in [-0.39, 0.29) is 11.9 Å². The molecule has 0 saturated heterocycles. The van der Waals surface area contributed by atoms with E-state index >= 15 is 0 Å². The molecule has 0 spiro atoms. The minimum atomic E-state index is -1.12. The molecule has 0 bridgehead atoms. The van der Waals surface area contributed by atoms with E-state index in [1.54, 1.807) is 11.8 Å². The summed E-state index contributed by atoms with van der Waals surface area (Å²) in [4.78, 5) is 25.6. The summed E-state index contributed by atoms with van der Waals surface area (Å²) in [7, 11) is 0. The van der Waals surface area contributed by atoms with Crippen molar-refractivity contribution in [3.05, 3.63) is 0 Å². The maximum Gasteiger partial charge on any atom is 0.329 e. The van der Waals surface area contributed by atoms with Gasteiger partial charge in [0, 0.05) is 13.1 Å². The van der Waals surface area contributed by atoms with Crippen LogP contribution < -0.4 is 5.32 Å². The van der Waals surface area contributed by atoms with Crippen LogP contribution in [0.15, 0.2) is 0 Å². The van der Waals surface area contributed by atoms with Gasteiger partial charge >= 0.3 is 12.0 Å². The number of amides is 2. The Kier molecular flexibility index (Phi) is 6.30. The van der Waals surface area contributed by atoms with Crippen molar-refractivity contribution in [3.63, 3.8) is 0 Å². The Hall–Kier alpha value is -1.26. The van der Waals surface area contributed by atoms with E-state index in [1.165, 1.54) is 0 Å². The fraction of sp³-hybridized carbons (Fsp3) is 0.867. The van der Waals surface area contributed by atoms with Crippen LogP contribution in [0.4, 0.5) is 4.79 Å². The van der Waals surface area contributed by atoms with Gasteiger partial charge in [-0.05, 0) is 38.5 Å². The van der Waals surface area contributed by atoms with Crippen LogP contribution >= 0.6 is 0 Å². The van der Waals surface area contributed by atoms with Gasteiger partial charge in [-0.1, -0.05) is 26.7 Å². The van der Waals surface area contributed by atoms with Crippen molar-refractivity contribution in [3.8, 4) is 0 Å². The summed E-state index contributed by atoms with van der Waals surface area (Å²) in [5, 5.41) is 12.2. The Bertz CT molecular complexity index is 334. The van der Waals surface area contributed by atoms with E-state index in [4.69, 9.17) is 0 Å². The van der Waals surface area contributed by atoms with E-state index in [1.807, 2.05) is 0 Å². The standard InChI is InChI=1S/C15H28N2O3/c1-4-6-10-17(11-7-5-2)14(20)16-15(3,13(18)19)12-8-9-12/h12H,4-11H2,1-3H3,(H,16,20)(H,18,19). The molecule has 0 heterocycles. The molecule has 1 saturated carbocycles. The number of hydrogen-bond acceptors (Lipinski definition) is 2. The average Bonchev–Trinajstić information content (AvgIpc) is 3.23. The van der Waals surface area contributed by atoms with Crippen LogP contribution in [0.1, 0.15) is 59.3 Å². The molecule has 116 valence electrons. The first-order valence-electron chi connectivity index (χ1n) is 7.76. The number of carbonyl (C=O) groups excluding carboxylic acids is 1. The molecular weight excluding hydrogens is 256 g/mol. The smallest absolute Gasteiger partial charge is 0.329 e. The molecule has 2 amide bonds. The van der Waals surface area contributed by atoms with Gasteiger partial charge in [-0.2, -0.15) is 0 Å². The van der Waals surface area contributed by atoms with Crippen molar-refractivity contribution in [1.29, 1.82) is 0 Å². The minimum absolute atomic E-state index is 0.0724. The first-order chi connectivity index (χ1) is 9.45. The number of carboxylic acid groups (broad SMARTS) is 1. The lowest BCUT2D eigenvalue weighted by atomic mass is 9.96. The normalized spacial score (nSPS) is 17.4. The third-order valence-corrected chi connectivity index (χ3v) is 4.06. The molecule has 1 atom stereocenters. The van der Waals surface area contributed by atoms with Crippen LogP contribution in [0.25, 0.3) is 0 Å². The summed E-state index contributed by atoms with van der Waals surface area (Å²) in [6, 6.07) is -0.233. The molecule has 1 fully saturated rings. The van der Waals surface area contributed by atoms with Crippen molar-refractivity contribution in [2.75, 3.05) is 13.1 Å². The molecule has 5 heteroatoms. The van der Waals surface area contributed by atoms with Crippen molar-refractivity contribution < 1.29 is 14.7 Å². The van der Waals surface area contributed by atoms with Crippen LogP contribution in [0.5, 0.6) is 0 Å². The molecule has 2 N–H and O–H groups in total. The quantitative estimate of drug-likeness (QED) is 0.684. The number of hydrogen-bond donors (Lipinski definition) is 2. The highest BCUT2D eigenvalue weighted by Crippen LogP contribution is 2.39. The molecule has 1 unspecified atom stereocenters. The summed E-state index contributed by atoms with van der Waals surface area (Å²) in [6.45, 7) is 7.19. The van der Waals surface area contributed by atoms with E-state index in [0.29, 0.717) is 13.1 Å². The summed E-state index contributed by atoms with van der Waals surface area (Å²) in [5.74, 6) is -0.859. The number of aliphatic carboxylic acids is 1. The van der Waals surface area contributed by atoms with Gasteiger partial charge in [0.25, 0.3) is 0 Å². The second kappa shape index (κ2) is 7.50. The lowest BCUT2D eigenvalue weighted by Crippen LogP contribution is -2.57. The second-order valence-corrected chi connectivity index (χ2v) is 5.91. The van der Waals surface area contributed by atoms with Crippen LogP contribution in [-0.4, -0.2) is 40.6 Å². The van der Waals surface area contributed by atoms with Crippen LogP contribution in [0.3, 0.4) is 0 Å². The maximum absolute atomic E-state index is 12.4. The zero-order valence-electron chi connectivity index (χ0n) is 12.9. The minimum Gasteiger partial charge on any atom is -0.480 e. The predicted octanol–water partition coefficient (Wildman–Crippen LogP) is 2.85. The highest BCUT2D eigenvalue weighted by atomic mass is 16.4. The van der Waals surface area contributed by atoms with E-state index in [9.17, 15) is 14.7 Å². The number of urea groups is 1. The fourth-order valence-electron chi connectivity index (χ4n) is 2.30. The van der Waals surface area contributed by atoms with Gasteiger partial charge in [0.2, 0.25) is 0 Å². The Balaban J connectivity index is 2.65. The number of nitrogens with one attached hydrogen (secondary N) is 1. The van der Waals surface area contributed by atoms with Crippen LogP contribution in [0.2, 0.25) is 0 Å². The second-order valence-electron chi connectivity index (χ2n) is 5.91. The largest absolute Gasteiger partial charge is 0.480 e. The Morgan fingerprint density at radius 2 is 1.70 bits per heavy atom. The van der Waals surface area contributed by atoms with E-state index in [2.05, 4.69) is 19.2 Å². The lowest BCUT2D eigenvalue weighted by Gasteiger charge is -2.31. The number of nitrogens with zero attached hydrogens (tertiary/aromatic N) is 1. The highest BCUT2D eigenvalue weighted by molar-refractivity contribution is 5.86. The first kappa shape index (κ1) is 16.8. The topological polar surface area (TPSA) is 69.6 Å². The number of carboxylic acids is 1. The summed E-state index contributed by atoms with van der Waals surface area (Å²) in [6.07, 6.45) is 5.71. The summed E-state index contributed by atoms with van der Waals surface area (Å²) < 4.78 is 0. The molecule has 5 nitrogen and oxygen atoms in total. The first-order valence-corrected chi connectivity index (χ1v) is 7.76. The van der Waals surface area contributed by atoms with Gasteiger partial charge in [0.15, 0.2) is 0 Å². The maximum atomic E-state index is 12.4. The molecule has 0 aromatic carbocycles. The summed E-state index contributed by atoms with van der Waals surface area (Å²) in [5.41, 5.74) is -1.12. The molecular formula is C15H28N2O3. The van der Waals surface area contributed by atoms with Crippen molar-refractivity contribution in [1.82, 2.24) is 10.2 Å². The predicted molar refractivity (Wildman–Crippen MR) is 78.7 cm³/mol. The van der Waals surface area contributed by atoms with Crippen molar-refractivity contribution >= 4 is 12.0 Å². The van der Waals surface area contributed by atoms with Gasteiger partial charge in [0.05, 0.1) is 0 Å². The Labute approximate surface area is 121 Å². The summed E-state index contributed by atoms with van der Waals surface area (Å²) >= 11 is 0. The van der Waals surface area contributed by atoms with Gasteiger partial charge in [-0.25, -0.2) is 9.59 Å². The Morgan fingerprint density at radius 1 is 1.20 bits per heavy atom. The zero-order chi connectivity index (χ0) is 15.2. The number of carbonyl (C=O) groups is 2. The number of unbranched alkanes of at least 4 members (excludes halogenated alkanes) is 2. The van der Waals surface area contributed by atoms with Gasteiger partial charge < -0.3 is 15.3 Å². The van der Waals surface area contributed by atoms with Crippen molar-refractivity contribution in [2.24, 2.45) is 5.92 Å². The SMILES string of the molecule is CCCCN(CCCC)C(=O)NC(C)(C(=O)O)C1CC1.